The summed E-state index contributed by atoms with van der Waals surface area (Å²) in [6.07, 6.45) is 0. The Hall–Kier alpha value is -0.160. The van der Waals surface area contributed by atoms with Crippen molar-refractivity contribution in [2.45, 2.75) is 0 Å². The van der Waals surface area contributed by atoms with Gasteiger partial charge in [0.2, 0.25) is 0 Å². The van der Waals surface area contributed by atoms with Crippen LogP contribution in [0.5, 0.6) is 0 Å². The van der Waals surface area contributed by atoms with Gasteiger partial charge in [-0.05, 0) is 0 Å². The second-order valence-electron chi connectivity index (χ2n) is 0.236. The van der Waals surface area contributed by atoms with E-state index in [0.29, 0.717) is 0 Å². The summed E-state index contributed by atoms with van der Waals surface area (Å²) in [7, 11) is 0. The summed E-state index contributed by atoms with van der Waals surface area (Å²) >= 11 is 0. The lowest BCUT2D eigenvalue weighted by Crippen LogP contribution is -2.08. The lowest BCUT2D eigenvalue weighted by molar-refractivity contribution is 1.07. The van der Waals surface area contributed by atoms with Crippen molar-refractivity contribution < 1.29 is 0 Å². The Balaban J connectivity index is 0. The van der Waals surface area contributed by atoms with Crippen LogP contribution in [0.15, 0.2) is 0 Å². The van der Waals surface area contributed by atoms with E-state index in [1.165, 1.54) is 0 Å². The summed E-state index contributed by atoms with van der Waals surface area (Å²) in [6, 6.07) is 0. The Labute approximate surface area is 30.5 Å². The fraction of sp³-hybridized carbons (Fsp3) is 1.00. The second-order valence-corrected chi connectivity index (χ2v) is 0.236. The van der Waals surface area contributed by atoms with Crippen molar-refractivity contribution in [3.8, 4) is 0 Å². The average Bonchev–Trinajstić information content (AvgIpc) is 1.46. The summed E-state index contributed by atoms with van der Waals surface area (Å²) in [6.45, 7) is 0.250. The maximum Gasteiger partial charge on any atom is 0.442 e. The molecule has 0 spiro atoms. The van der Waals surface area contributed by atoms with Gasteiger partial charge in [-0.15, -0.1) is 0 Å². The molecular weight excluding hydrogens is 70.0 g/mol. The van der Waals surface area contributed by atoms with E-state index in [-0.39, 0.29) is 6.67 Å². The van der Waals surface area contributed by atoms with Crippen molar-refractivity contribution in [2.24, 2.45) is 11.5 Å². The van der Waals surface area contributed by atoms with Crippen molar-refractivity contribution in [2.75, 3.05) is 6.67 Å². The van der Waals surface area contributed by atoms with E-state index in [0.717, 1.165) is 0 Å². The van der Waals surface area contributed by atoms with Gasteiger partial charge >= 0.3 is 5.90 Å². The fourth-order valence-electron chi connectivity index (χ4n) is 0. The van der Waals surface area contributed by atoms with Gasteiger partial charge in [0.15, 0.2) is 0 Å². The molecule has 0 amide bonds. The zero-order valence-electron chi connectivity index (χ0n) is 2.72. The van der Waals surface area contributed by atoms with Gasteiger partial charge < -0.3 is 16.7 Å². The molecule has 0 aliphatic rings. The van der Waals surface area contributed by atoms with Gasteiger partial charge in [0.1, 0.15) is 0 Å². The van der Waals surface area contributed by atoms with Crippen molar-refractivity contribution in [1.29, 1.82) is 0 Å². The molecule has 4 nitrogen and oxygen atoms in total. The average molecular weight is 76.1 g/mol. The molecule has 0 aromatic carbocycles. The third kappa shape index (κ3) is 508. The van der Waals surface area contributed by atoms with Gasteiger partial charge in [-0.3, -0.25) is 0 Å². The highest BCUT2D eigenvalue weighted by molar-refractivity contribution is 3.94. The van der Waals surface area contributed by atoms with Crippen LogP contribution in [0.3, 0.4) is 0 Å². The molecule has 0 atom stereocenters. The van der Waals surface area contributed by atoms with E-state index in [2.05, 4.69) is 11.5 Å². The zero-order chi connectivity index (χ0) is 4.71. The first kappa shape index (κ1) is 8.85. The van der Waals surface area contributed by atoms with Crippen molar-refractivity contribution in [3.05, 3.63) is 5.21 Å². The largest absolute Gasteiger partial charge is 0.442 e. The minimum absolute atomic E-state index is 0.250. The minimum atomic E-state index is 0.250. The van der Waals surface area contributed by atoms with Gasteiger partial charge in [-0.2, -0.15) is 0 Å². The Morgan fingerprint density at radius 3 is 1.40 bits per heavy atom. The predicted octanol–water partition coefficient (Wildman–Crippen LogP) is -1.59. The molecule has 0 aliphatic carbocycles. The Morgan fingerprint density at radius 1 is 1.40 bits per heavy atom. The van der Waals surface area contributed by atoms with Crippen LogP contribution in [0.25, 0.3) is 0 Å². The van der Waals surface area contributed by atoms with Gasteiger partial charge in [0.25, 0.3) is 0 Å². The van der Waals surface area contributed by atoms with Crippen LogP contribution in [-0.4, -0.2) is 6.67 Å². The van der Waals surface area contributed by atoms with Crippen molar-refractivity contribution >= 4 is 0 Å². The number of hydrogen-bond donors (Lipinski definition) is 2. The van der Waals surface area contributed by atoms with E-state index in [1.807, 2.05) is 0 Å². The molecule has 0 aromatic rings. The molecule has 0 heterocycles. The van der Waals surface area contributed by atoms with E-state index in [1.54, 1.807) is 0 Å². The SMILES string of the molecule is NCN.[N+][O-]. The Bertz CT molecular complexity index is 6.85. The first-order valence-corrected chi connectivity index (χ1v) is 0.999. The first-order chi connectivity index (χ1) is 2.41. The molecule has 0 saturated heterocycles. The summed E-state index contributed by atoms with van der Waals surface area (Å²) in [5.41, 5.74) is 9.25. The van der Waals surface area contributed by atoms with E-state index >= 15 is 0 Å². The number of nitrogens with two attached hydrogens (primary N) is 2. The highest BCUT2D eigenvalue weighted by Crippen LogP contribution is 0.861. The lowest BCUT2D eigenvalue weighted by atomic mass is 11.3. The van der Waals surface area contributed by atoms with Crippen LogP contribution in [0.4, 0.5) is 0 Å². The molecule has 0 unspecified atom stereocenters. The van der Waals surface area contributed by atoms with E-state index < -0.39 is 0 Å². The summed E-state index contributed by atoms with van der Waals surface area (Å²) in [5, 5.41) is 7.25. The monoisotopic (exact) mass is 76.1 g/mol. The van der Waals surface area contributed by atoms with Crippen LogP contribution in [0, 0.1) is 5.21 Å². The normalized spacial score (nSPS) is 4.80. The van der Waals surface area contributed by atoms with Crippen LogP contribution >= 0.6 is 0 Å². The fourth-order valence-corrected chi connectivity index (χ4v) is 0. The molecule has 3 radical (unpaired) electrons. The van der Waals surface area contributed by atoms with Crippen LogP contribution < -0.4 is 17.4 Å². The molecule has 0 rings (SSSR count). The predicted molar refractivity (Wildman–Crippen MR) is 18.7 cm³/mol. The zero-order valence-corrected chi connectivity index (χ0v) is 2.72. The lowest BCUT2D eigenvalue weighted by Gasteiger charge is -1.56. The number of nitrogens with zero attached hydrogens (tertiary/aromatic N) is 1. The van der Waals surface area contributed by atoms with E-state index in [9.17, 15) is 0 Å². The molecular formula is CH6N3O. The molecule has 0 aromatic heterocycles. The highest BCUT2D eigenvalue weighted by atomic mass is 16.4. The maximum atomic E-state index is 7.25. The van der Waals surface area contributed by atoms with Gasteiger partial charge in [0.05, 0.1) is 0 Å². The molecule has 0 fully saturated rings. The van der Waals surface area contributed by atoms with Crippen LogP contribution in [-0.2, 0) is 0 Å². The third-order valence-corrected chi connectivity index (χ3v) is 0. The minimum Gasteiger partial charge on any atom is -0.442 e. The Kier molecular flexibility index (Phi) is 77.7. The standard InChI is InChI=1S/CH6N2.NO/c2-1-3;1-2/h1-3H2;. The highest BCUT2D eigenvalue weighted by Gasteiger charge is 1.29. The second kappa shape index (κ2) is 43.9. The summed E-state index contributed by atoms with van der Waals surface area (Å²) in [4.78, 5) is 0. The quantitative estimate of drug-likeness (QED) is 0.269. The number of hydrogen-bond acceptors (Lipinski definition) is 3. The molecule has 0 bridgehead atoms. The van der Waals surface area contributed by atoms with E-state index in [4.69, 9.17) is 11.1 Å². The van der Waals surface area contributed by atoms with Crippen molar-refractivity contribution in [1.82, 2.24) is 5.90 Å². The topological polar surface area (TPSA) is 97.4 Å². The van der Waals surface area contributed by atoms with Crippen LogP contribution in [0.2, 0.25) is 0 Å². The first-order valence-electron chi connectivity index (χ1n) is 0.999. The van der Waals surface area contributed by atoms with Gasteiger partial charge in [-0.1, -0.05) is 0 Å². The maximum absolute atomic E-state index is 7.25. The third-order valence-electron chi connectivity index (χ3n) is 0. The molecule has 31 valence electrons. The molecule has 5 heavy (non-hydrogen) atoms. The molecule has 4 heteroatoms. The van der Waals surface area contributed by atoms with Crippen molar-refractivity contribution in [3.63, 3.8) is 0 Å². The molecule has 0 saturated carbocycles. The molecule has 0 aliphatic heterocycles. The summed E-state index contributed by atoms with van der Waals surface area (Å²) < 4.78 is 0. The summed E-state index contributed by atoms with van der Waals surface area (Å²) in [5.74, 6) is 5.75. The van der Waals surface area contributed by atoms with Gasteiger partial charge in [-0.25, -0.2) is 0 Å². The van der Waals surface area contributed by atoms with Gasteiger partial charge in [0, 0.05) is 6.67 Å². The smallest absolute Gasteiger partial charge is 0.442 e. The number of rotatable bonds is 0. The Morgan fingerprint density at radius 2 is 1.40 bits per heavy atom. The van der Waals surface area contributed by atoms with Crippen LogP contribution in [0.1, 0.15) is 0 Å². The molecule has 4 N–H and O–H groups in total.